The van der Waals surface area contributed by atoms with Gasteiger partial charge in [-0.05, 0) is 48.8 Å². The molecule has 1 heterocycles. The second-order valence-electron chi connectivity index (χ2n) is 5.78. The van der Waals surface area contributed by atoms with E-state index in [1.54, 1.807) is 0 Å². The fourth-order valence-corrected chi connectivity index (χ4v) is 3.41. The first-order chi connectivity index (χ1) is 10.3. The summed E-state index contributed by atoms with van der Waals surface area (Å²) < 4.78 is 5.41. The Labute approximate surface area is 125 Å². The summed E-state index contributed by atoms with van der Waals surface area (Å²) in [5.74, 6) is 0.595. The predicted molar refractivity (Wildman–Crippen MR) is 78.8 cm³/mol. The van der Waals surface area contributed by atoms with Gasteiger partial charge < -0.3 is 9.64 Å². The van der Waals surface area contributed by atoms with Crippen molar-refractivity contribution in [1.29, 1.82) is 10.5 Å². The molecule has 1 aliphatic heterocycles. The summed E-state index contributed by atoms with van der Waals surface area (Å²) in [4.78, 5) is 2.41. The summed E-state index contributed by atoms with van der Waals surface area (Å²) in [7, 11) is 0. The normalized spacial score (nSPS) is 25.1. The van der Waals surface area contributed by atoms with E-state index in [1.165, 1.54) is 17.7 Å². The molecule has 1 saturated heterocycles. The van der Waals surface area contributed by atoms with Crippen LogP contribution in [-0.4, -0.2) is 31.2 Å². The maximum atomic E-state index is 9.03. The Balaban J connectivity index is 1.88. The molecule has 0 aromatic carbocycles. The van der Waals surface area contributed by atoms with E-state index in [-0.39, 0.29) is 5.57 Å². The molecule has 0 unspecified atom stereocenters. The molecule has 0 radical (unpaired) electrons. The maximum absolute atomic E-state index is 9.03. The molecule has 1 fully saturated rings. The molecule has 0 N–H and O–H groups in total. The molecular weight excluding hydrogens is 262 g/mol. The van der Waals surface area contributed by atoms with Crippen molar-refractivity contribution in [1.82, 2.24) is 4.90 Å². The fourth-order valence-electron chi connectivity index (χ4n) is 3.41. The van der Waals surface area contributed by atoms with Crippen LogP contribution in [0.4, 0.5) is 0 Å². The lowest BCUT2D eigenvalue weighted by atomic mass is 9.77. The topological polar surface area (TPSA) is 60.0 Å². The van der Waals surface area contributed by atoms with Crippen LogP contribution in [-0.2, 0) is 4.74 Å². The quantitative estimate of drug-likeness (QED) is 0.693. The molecule has 4 heteroatoms. The van der Waals surface area contributed by atoms with Crippen molar-refractivity contribution in [3.63, 3.8) is 0 Å². The van der Waals surface area contributed by atoms with Crippen LogP contribution in [0.5, 0.6) is 0 Å². The average Bonchev–Trinajstić information content (AvgIpc) is 2.56. The van der Waals surface area contributed by atoms with Crippen LogP contribution < -0.4 is 0 Å². The highest BCUT2D eigenvalue weighted by Crippen LogP contribution is 2.38. The van der Waals surface area contributed by atoms with Crippen LogP contribution >= 0.6 is 0 Å². The third-order valence-corrected chi connectivity index (χ3v) is 4.62. The Kier molecular flexibility index (Phi) is 4.08. The number of morpholine rings is 1. The van der Waals surface area contributed by atoms with Gasteiger partial charge >= 0.3 is 0 Å². The van der Waals surface area contributed by atoms with E-state index in [1.807, 2.05) is 12.1 Å². The number of rotatable bonds is 1. The van der Waals surface area contributed by atoms with Crippen molar-refractivity contribution >= 4 is 0 Å². The van der Waals surface area contributed by atoms with E-state index >= 15 is 0 Å². The number of hydrogen-bond donors (Lipinski definition) is 0. The number of hydrogen-bond acceptors (Lipinski definition) is 4. The first-order valence-corrected chi connectivity index (χ1v) is 7.60. The summed E-state index contributed by atoms with van der Waals surface area (Å²) in [6, 6.07) is 4.04. The highest BCUT2D eigenvalue weighted by atomic mass is 16.5. The van der Waals surface area contributed by atoms with Crippen molar-refractivity contribution in [2.24, 2.45) is 5.92 Å². The van der Waals surface area contributed by atoms with Crippen LogP contribution in [0.25, 0.3) is 0 Å². The van der Waals surface area contributed by atoms with E-state index in [0.717, 1.165) is 51.1 Å². The van der Waals surface area contributed by atoms with Crippen molar-refractivity contribution < 1.29 is 4.74 Å². The van der Waals surface area contributed by atoms with Crippen LogP contribution in [0.1, 0.15) is 25.7 Å². The molecule has 0 spiro atoms. The van der Waals surface area contributed by atoms with Gasteiger partial charge in [0.15, 0.2) is 0 Å². The van der Waals surface area contributed by atoms with Gasteiger partial charge in [-0.1, -0.05) is 6.08 Å². The number of nitriles is 2. The summed E-state index contributed by atoms with van der Waals surface area (Å²) in [6.07, 6.45) is 8.58. The van der Waals surface area contributed by atoms with Gasteiger partial charge in [0.25, 0.3) is 0 Å². The fraction of sp³-hybridized carbons (Fsp3) is 0.529. The lowest BCUT2D eigenvalue weighted by molar-refractivity contribution is 0.0511. The van der Waals surface area contributed by atoms with Gasteiger partial charge in [0.1, 0.15) is 17.7 Å². The first kappa shape index (κ1) is 13.9. The summed E-state index contributed by atoms with van der Waals surface area (Å²) in [5, 5.41) is 18.1. The number of allylic oxidation sites excluding steroid dienone is 6. The van der Waals surface area contributed by atoms with E-state index in [9.17, 15) is 0 Å². The highest BCUT2D eigenvalue weighted by molar-refractivity contribution is 5.49. The standard InChI is InChI=1S/C17H19N3O/c18-11-16(12-19)14-2-1-13-3-4-17(10-15(13)9-14)20-5-7-21-8-6-20/h9-10,13H,1-8H2/t13-/m0/s1. The lowest BCUT2D eigenvalue weighted by Gasteiger charge is -2.36. The Bertz CT molecular complexity index is 579. The Morgan fingerprint density at radius 2 is 1.81 bits per heavy atom. The SMILES string of the molecule is N#CC(C#N)=C1C=C2C=C(N3CCOCC3)CC[C@@H]2CC1. The molecule has 0 amide bonds. The molecule has 4 nitrogen and oxygen atoms in total. The molecule has 21 heavy (non-hydrogen) atoms. The summed E-state index contributed by atoms with van der Waals surface area (Å²) in [5.41, 5.74) is 3.86. The molecule has 3 rings (SSSR count). The van der Waals surface area contributed by atoms with Gasteiger partial charge in [0.2, 0.25) is 0 Å². The first-order valence-electron chi connectivity index (χ1n) is 7.60. The van der Waals surface area contributed by atoms with Gasteiger partial charge in [0.05, 0.1) is 13.2 Å². The van der Waals surface area contributed by atoms with Gasteiger partial charge in [-0.25, -0.2) is 0 Å². The van der Waals surface area contributed by atoms with E-state index in [2.05, 4.69) is 17.1 Å². The molecule has 2 aliphatic carbocycles. The maximum Gasteiger partial charge on any atom is 0.132 e. The molecule has 108 valence electrons. The molecular formula is C17H19N3O. The van der Waals surface area contributed by atoms with Gasteiger partial charge in [-0.15, -0.1) is 0 Å². The predicted octanol–water partition coefficient (Wildman–Crippen LogP) is 2.68. The van der Waals surface area contributed by atoms with Crippen LogP contribution in [0.2, 0.25) is 0 Å². The molecule has 0 bridgehead atoms. The zero-order valence-electron chi connectivity index (χ0n) is 12.1. The van der Waals surface area contributed by atoms with Crippen molar-refractivity contribution in [2.45, 2.75) is 25.7 Å². The van der Waals surface area contributed by atoms with Gasteiger partial charge in [-0.3, -0.25) is 0 Å². The monoisotopic (exact) mass is 281 g/mol. The Morgan fingerprint density at radius 1 is 1.10 bits per heavy atom. The van der Waals surface area contributed by atoms with Crippen LogP contribution in [0, 0.1) is 28.6 Å². The zero-order chi connectivity index (χ0) is 14.7. The smallest absolute Gasteiger partial charge is 0.132 e. The molecule has 0 aromatic heterocycles. The largest absolute Gasteiger partial charge is 0.378 e. The minimum absolute atomic E-state index is 0.271. The second kappa shape index (κ2) is 6.16. The van der Waals surface area contributed by atoms with E-state index in [4.69, 9.17) is 15.3 Å². The van der Waals surface area contributed by atoms with E-state index < -0.39 is 0 Å². The van der Waals surface area contributed by atoms with Gasteiger partial charge in [-0.2, -0.15) is 10.5 Å². The van der Waals surface area contributed by atoms with Gasteiger partial charge in [0, 0.05) is 18.8 Å². The number of nitrogens with zero attached hydrogens (tertiary/aromatic N) is 3. The highest BCUT2D eigenvalue weighted by Gasteiger charge is 2.26. The Hall–Kier alpha value is -2.04. The van der Waals surface area contributed by atoms with Crippen LogP contribution in [0.15, 0.2) is 34.6 Å². The molecule has 0 aromatic rings. The number of fused-ring (bicyclic) bond motifs is 1. The van der Waals surface area contributed by atoms with Crippen molar-refractivity contribution in [3.8, 4) is 12.1 Å². The third-order valence-electron chi connectivity index (χ3n) is 4.62. The van der Waals surface area contributed by atoms with Crippen molar-refractivity contribution in [2.75, 3.05) is 26.3 Å². The molecule has 1 atom stereocenters. The minimum atomic E-state index is 0.271. The Morgan fingerprint density at radius 3 is 2.52 bits per heavy atom. The molecule has 0 saturated carbocycles. The van der Waals surface area contributed by atoms with E-state index in [0.29, 0.717) is 5.92 Å². The minimum Gasteiger partial charge on any atom is -0.378 e. The van der Waals surface area contributed by atoms with Crippen molar-refractivity contribution in [3.05, 3.63) is 34.6 Å². The second-order valence-corrected chi connectivity index (χ2v) is 5.78. The summed E-state index contributed by atoms with van der Waals surface area (Å²) >= 11 is 0. The lowest BCUT2D eigenvalue weighted by Crippen LogP contribution is -2.36. The average molecular weight is 281 g/mol. The summed E-state index contributed by atoms with van der Waals surface area (Å²) in [6.45, 7) is 3.54. The molecule has 3 aliphatic rings. The number of ether oxygens (including phenoxy) is 1. The van der Waals surface area contributed by atoms with Crippen LogP contribution in [0.3, 0.4) is 0 Å². The zero-order valence-corrected chi connectivity index (χ0v) is 12.1. The third kappa shape index (κ3) is 2.86.